The normalized spacial score (nSPS) is 14.3. The fourth-order valence-electron chi connectivity index (χ4n) is 3.64. The van der Waals surface area contributed by atoms with Gasteiger partial charge in [0.05, 0.1) is 11.3 Å². The smallest absolute Gasteiger partial charge is 0.262 e. The Labute approximate surface area is 177 Å². The van der Waals surface area contributed by atoms with Gasteiger partial charge in [-0.2, -0.15) is 0 Å². The van der Waals surface area contributed by atoms with Crippen LogP contribution in [0.2, 0.25) is 5.02 Å². The van der Waals surface area contributed by atoms with E-state index in [2.05, 4.69) is 5.32 Å². The molecule has 0 spiro atoms. The molecule has 5 nitrogen and oxygen atoms in total. The van der Waals surface area contributed by atoms with Crippen molar-refractivity contribution < 1.29 is 14.3 Å². The van der Waals surface area contributed by atoms with Crippen LogP contribution >= 0.6 is 11.6 Å². The van der Waals surface area contributed by atoms with Crippen LogP contribution in [0.4, 0.5) is 5.69 Å². The van der Waals surface area contributed by atoms with E-state index in [1.54, 1.807) is 36.4 Å². The van der Waals surface area contributed by atoms with Gasteiger partial charge in [0.2, 0.25) is 0 Å². The summed E-state index contributed by atoms with van der Waals surface area (Å²) >= 11 is 6.01. The Balaban J connectivity index is 1.64. The monoisotopic (exact) mass is 414 g/mol. The average Bonchev–Trinajstić information content (AvgIpc) is 2.74. The van der Waals surface area contributed by atoms with Gasteiger partial charge in [-0.1, -0.05) is 43.0 Å². The van der Waals surface area contributed by atoms with E-state index in [-0.39, 0.29) is 24.5 Å². The van der Waals surface area contributed by atoms with Gasteiger partial charge >= 0.3 is 0 Å². The van der Waals surface area contributed by atoms with Crippen LogP contribution in [-0.4, -0.2) is 36.4 Å². The molecule has 0 aliphatic heterocycles. The van der Waals surface area contributed by atoms with E-state index < -0.39 is 0 Å². The minimum Gasteiger partial charge on any atom is -0.484 e. The maximum absolute atomic E-state index is 13.0. The van der Waals surface area contributed by atoms with Crippen LogP contribution in [0.1, 0.15) is 48.0 Å². The van der Waals surface area contributed by atoms with Gasteiger partial charge in [-0.05, 0) is 55.7 Å². The Morgan fingerprint density at radius 1 is 1.14 bits per heavy atom. The van der Waals surface area contributed by atoms with Crippen molar-refractivity contribution in [3.8, 4) is 5.75 Å². The molecule has 29 heavy (non-hydrogen) atoms. The molecular weight excluding hydrogens is 388 g/mol. The molecular formula is C23H27ClN2O3. The van der Waals surface area contributed by atoms with Crippen molar-refractivity contribution in [2.45, 2.75) is 45.1 Å². The van der Waals surface area contributed by atoms with E-state index in [1.165, 1.54) is 6.42 Å². The zero-order valence-corrected chi connectivity index (χ0v) is 17.7. The number of nitrogens with one attached hydrogen (secondary N) is 1. The molecule has 154 valence electrons. The molecule has 0 saturated heterocycles. The summed E-state index contributed by atoms with van der Waals surface area (Å²) in [6.07, 6.45) is 5.61. The number of hydrogen-bond donors (Lipinski definition) is 1. The second kappa shape index (κ2) is 9.79. The highest BCUT2D eigenvalue weighted by molar-refractivity contribution is 6.31. The SMILES string of the molecule is Cc1cc(OCC(=O)Nc2ccccc2C(=O)N(C)C2CCCCC2)ccc1Cl. The molecule has 1 fully saturated rings. The van der Waals surface area contributed by atoms with Crippen LogP contribution < -0.4 is 10.1 Å². The zero-order valence-electron chi connectivity index (χ0n) is 16.9. The number of rotatable bonds is 6. The van der Waals surface area contributed by atoms with Crippen molar-refractivity contribution in [1.82, 2.24) is 4.90 Å². The average molecular weight is 415 g/mol. The number of carbonyl (C=O) groups excluding carboxylic acids is 2. The molecule has 2 aromatic carbocycles. The maximum Gasteiger partial charge on any atom is 0.262 e. The lowest BCUT2D eigenvalue weighted by atomic mass is 9.94. The lowest BCUT2D eigenvalue weighted by Gasteiger charge is -2.31. The number of halogens is 1. The zero-order chi connectivity index (χ0) is 20.8. The standard InChI is InChI=1S/C23H27ClN2O3/c1-16-14-18(12-13-20(16)24)29-15-22(27)25-21-11-7-6-10-19(21)23(28)26(2)17-8-4-3-5-9-17/h6-7,10-14,17H,3-5,8-9,15H2,1-2H3,(H,25,27). The van der Waals surface area contributed by atoms with E-state index in [0.29, 0.717) is 22.0 Å². The van der Waals surface area contributed by atoms with Gasteiger partial charge in [-0.3, -0.25) is 9.59 Å². The summed E-state index contributed by atoms with van der Waals surface area (Å²) in [5.74, 6) is 0.184. The minimum atomic E-state index is -0.321. The van der Waals surface area contributed by atoms with Gasteiger partial charge < -0.3 is 15.0 Å². The van der Waals surface area contributed by atoms with E-state index in [0.717, 1.165) is 31.2 Å². The Morgan fingerprint density at radius 3 is 2.59 bits per heavy atom. The molecule has 0 heterocycles. The third kappa shape index (κ3) is 5.51. The number of nitrogens with zero attached hydrogens (tertiary/aromatic N) is 1. The van der Waals surface area contributed by atoms with Gasteiger partial charge in [-0.15, -0.1) is 0 Å². The van der Waals surface area contributed by atoms with Crippen LogP contribution in [0.25, 0.3) is 0 Å². The van der Waals surface area contributed by atoms with Gasteiger partial charge in [0.1, 0.15) is 5.75 Å². The first-order chi connectivity index (χ1) is 14.0. The number of amides is 2. The summed E-state index contributed by atoms with van der Waals surface area (Å²) in [5, 5.41) is 3.46. The topological polar surface area (TPSA) is 58.6 Å². The van der Waals surface area contributed by atoms with E-state index in [1.807, 2.05) is 24.9 Å². The number of para-hydroxylation sites is 1. The van der Waals surface area contributed by atoms with E-state index in [4.69, 9.17) is 16.3 Å². The predicted molar refractivity (Wildman–Crippen MR) is 116 cm³/mol. The van der Waals surface area contributed by atoms with Gasteiger partial charge in [-0.25, -0.2) is 0 Å². The third-order valence-corrected chi connectivity index (χ3v) is 5.80. The number of hydrogen-bond acceptors (Lipinski definition) is 3. The molecule has 1 saturated carbocycles. The van der Waals surface area contributed by atoms with Crippen molar-refractivity contribution in [2.75, 3.05) is 19.0 Å². The first kappa shape index (κ1) is 21.2. The second-order valence-corrected chi connectivity index (χ2v) is 7.91. The largest absolute Gasteiger partial charge is 0.484 e. The van der Waals surface area contributed by atoms with Crippen molar-refractivity contribution in [2.24, 2.45) is 0 Å². The fourth-order valence-corrected chi connectivity index (χ4v) is 3.76. The molecule has 0 unspecified atom stereocenters. The van der Waals surface area contributed by atoms with Crippen molar-refractivity contribution in [1.29, 1.82) is 0 Å². The Hall–Kier alpha value is -2.53. The van der Waals surface area contributed by atoms with Crippen LogP contribution in [0.15, 0.2) is 42.5 Å². The van der Waals surface area contributed by atoms with Gasteiger partial charge in [0.25, 0.3) is 11.8 Å². The summed E-state index contributed by atoms with van der Waals surface area (Å²) < 4.78 is 5.55. The molecule has 0 aromatic heterocycles. The summed E-state index contributed by atoms with van der Waals surface area (Å²) in [6, 6.07) is 12.6. The predicted octanol–water partition coefficient (Wildman–Crippen LogP) is 5.07. The van der Waals surface area contributed by atoms with Crippen LogP contribution in [0.3, 0.4) is 0 Å². The molecule has 1 aliphatic rings. The highest BCUT2D eigenvalue weighted by atomic mass is 35.5. The molecule has 6 heteroatoms. The van der Waals surface area contributed by atoms with E-state index >= 15 is 0 Å². The Morgan fingerprint density at radius 2 is 1.86 bits per heavy atom. The lowest BCUT2D eigenvalue weighted by molar-refractivity contribution is -0.118. The highest BCUT2D eigenvalue weighted by Crippen LogP contribution is 2.25. The molecule has 2 aromatic rings. The lowest BCUT2D eigenvalue weighted by Crippen LogP contribution is -2.38. The van der Waals surface area contributed by atoms with E-state index in [9.17, 15) is 9.59 Å². The van der Waals surface area contributed by atoms with Crippen LogP contribution in [-0.2, 0) is 4.79 Å². The third-order valence-electron chi connectivity index (χ3n) is 5.37. The Kier molecular flexibility index (Phi) is 7.15. The summed E-state index contributed by atoms with van der Waals surface area (Å²) in [6.45, 7) is 1.72. The number of carbonyl (C=O) groups is 2. The number of anilines is 1. The van der Waals surface area contributed by atoms with Crippen molar-refractivity contribution >= 4 is 29.1 Å². The number of ether oxygens (including phenoxy) is 1. The fraction of sp³-hybridized carbons (Fsp3) is 0.391. The minimum absolute atomic E-state index is 0.0676. The number of aryl methyl sites for hydroxylation is 1. The van der Waals surface area contributed by atoms with Crippen LogP contribution in [0.5, 0.6) is 5.75 Å². The second-order valence-electron chi connectivity index (χ2n) is 7.50. The molecule has 0 bridgehead atoms. The first-order valence-electron chi connectivity index (χ1n) is 10.0. The molecule has 1 aliphatic carbocycles. The summed E-state index contributed by atoms with van der Waals surface area (Å²) in [4.78, 5) is 27.2. The molecule has 1 N–H and O–H groups in total. The Bertz CT molecular complexity index is 878. The summed E-state index contributed by atoms with van der Waals surface area (Å²) in [5.41, 5.74) is 1.88. The maximum atomic E-state index is 13.0. The van der Waals surface area contributed by atoms with Gasteiger partial charge in [0, 0.05) is 18.1 Å². The highest BCUT2D eigenvalue weighted by Gasteiger charge is 2.24. The molecule has 3 rings (SSSR count). The van der Waals surface area contributed by atoms with Crippen LogP contribution in [0, 0.1) is 6.92 Å². The first-order valence-corrected chi connectivity index (χ1v) is 10.4. The van der Waals surface area contributed by atoms with Crippen molar-refractivity contribution in [3.05, 3.63) is 58.6 Å². The molecule has 2 amide bonds. The molecule has 0 radical (unpaired) electrons. The van der Waals surface area contributed by atoms with Gasteiger partial charge in [0.15, 0.2) is 6.61 Å². The summed E-state index contributed by atoms with van der Waals surface area (Å²) in [7, 11) is 1.85. The number of benzene rings is 2. The quantitative estimate of drug-likeness (QED) is 0.717. The molecule has 0 atom stereocenters. The van der Waals surface area contributed by atoms with Crippen molar-refractivity contribution in [3.63, 3.8) is 0 Å².